The van der Waals surface area contributed by atoms with Gasteiger partial charge in [-0.1, -0.05) is 123 Å². The van der Waals surface area contributed by atoms with Gasteiger partial charge < -0.3 is 36.0 Å². The number of benzene rings is 4. The summed E-state index contributed by atoms with van der Waals surface area (Å²) in [6.07, 6.45) is 0.508. The van der Waals surface area contributed by atoms with Crippen molar-refractivity contribution >= 4 is 35.7 Å². The minimum absolute atomic E-state index is 0.00490. The van der Waals surface area contributed by atoms with Crippen LogP contribution in [-0.4, -0.2) is 89.6 Å². The smallest absolute Gasteiger partial charge is 0.407 e. The van der Waals surface area contributed by atoms with Crippen molar-refractivity contribution in [3.63, 3.8) is 0 Å². The van der Waals surface area contributed by atoms with Crippen LogP contribution in [0.3, 0.4) is 0 Å². The molecule has 4 aromatic rings. The highest BCUT2D eigenvalue weighted by atomic mass is 16.5. The molecular formula is C46H51N5O8. The summed E-state index contributed by atoms with van der Waals surface area (Å²) in [6, 6.07) is 29.8. The van der Waals surface area contributed by atoms with Gasteiger partial charge in [0.15, 0.2) is 0 Å². The fourth-order valence-electron chi connectivity index (χ4n) is 7.89. The van der Waals surface area contributed by atoms with Crippen molar-refractivity contribution < 1.29 is 38.6 Å². The third kappa shape index (κ3) is 10.9. The molecule has 1 saturated heterocycles. The average molecular weight is 802 g/mol. The first-order valence-corrected chi connectivity index (χ1v) is 20.1. The lowest BCUT2D eigenvalue weighted by Gasteiger charge is -2.29. The Morgan fingerprint density at radius 2 is 1.25 bits per heavy atom. The first-order valence-electron chi connectivity index (χ1n) is 20.1. The van der Waals surface area contributed by atoms with Gasteiger partial charge in [-0.3, -0.25) is 19.2 Å². The van der Waals surface area contributed by atoms with Crippen molar-refractivity contribution in [2.75, 3.05) is 19.7 Å². The summed E-state index contributed by atoms with van der Waals surface area (Å²) in [4.78, 5) is 81.3. The molecule has 1 fully saturated rings. The topological polar surface area (TPSA) is 183 Å². The molecule has 0 radical (unpaired) electrons. The van der Waals surface area contributed by atoms with E-state index >= 15 is 0 Å². The minimum atomic E-state index is -1.16. The molecular weight excluding hydrogens is 751 g/mol. The van der Waals surface area contributed by atoms with Crippen LogP contribution in [0.15, 0.2) is 109 Å². The Labute approximate surface area is 343 Å². The summed E-state index contributed by atoms with van der Waals surface area (Å²) in [7, 11) is 0. The number of hydrogen-bond donors (Lipinski definition) is 5. The standard InChI is InChI=1S/C46H51N5O8/c1-29(2)24-37(50-46(58)59-28-36-34-20-11-9-18-32(34)33-19-10-12-21-35(33)36)42(53)47-27-41(52)48-38(25-30-14-5-3-6-15-30)43(54)49-39(26-31-16-7-4-8-17-31)44(55)51-23-13-22-40(51)45(56)57/h3-12,14-21,29,36-40H,13,22-28H2,1-2H3,(H,47,53)(H,48,52)(H,49,54)(H,50,58)(H,56,57)/t37-,38-,39-,40-/m0/s1. The van der Waals surface area contributed by atoms with Crippen LogP contribution in [-0.2, 0) is 41.6 Å². The van der Waals surface area contributed by atoms with Gasteiger partial charge in [-0.2, -0.15) is 0 Å². The van der Waals surface area contributed by atoms with E-state index in [-0.39, 0.29) is 44.2 Å². The van der Waals surface area contributed by atoms with Crippen LogP contribution in [0.25, 0.3) is 11.1 Å². The van der Waals surface area contributed by atoms with E-state index in [9.17, 15) is 33.9 Å². The van der Waals surface area contributed by atoms with Gasteiger partial charge in [0.05, 0.1) is 6.54 Å². The van der Waals surface area contributed by atoms with Crippen molar-refractivity contribution in [1.82, 2.24) is 26.2 Å². The van der Waals surface area contributed by atoms with E-state index in [2.05, 4.69) is 21.3 Å². The number of likely N-dealkylation sites (tertiary alicyclic amines) is 1. The molecule has 1 heterocycles. The van der Waals surface area contributed by atoms with Crippen LogP contribution in [0.2, 0.25) is 0 Å². The van der Waals surface area contributed by atoms with E-state index in [1.54, 1.807) is 36.4 Å². The van der Waals surface area contributed by atoms with Crippen LogP contribution >= 0.6 is 0 Å². The van der Waals surface area contributed by atoms with Crippen molar-refractivity contribution in [1.29, 1.82) is 0 Å². The molecule has 0 aromatic heterocycles. The van der Waals surface area contributed by atoms with Gasteiger partial charge in [0.1, 0.15) is 30.8 Å². The highest BCUT2D eigenvalue weighted by Gasteiger charge is 2.38. The number of nitrogens with zero attached hydrogens (tertiary/aromatic N) is 1. The Bertz CT molecular complexity index is 2080. The number of hydrogen-bond acceptors (Lipinski definition) is 7. The molecule has 13 heteroatoms. The summed E-state index contributed by atoms with van der Waals surface area (Å²) < 4.78 is 5.69. The Morgan fingerprint density at radius 3 is 1.83 bits per heavy atom. The summed E-state index contributed by atoms with van der Waals surface area (Å²) in [5, 5.41) is 20.6. The maximum absolute atomic E-state index is 14.0. The van der Waals surface area contributed by atoms with Crippen molar-refractivity contribution in [3.8, 4) is 11.1 Å². The summed E-state index contributed by atoms with van der Waals surface area (Å²) in [5.74, 6) is -3.71. The highest BCUT2D eigenvalue weighted by molar-refractivity contribution is 5.95. The maximum Gasteiger partial charge on any atom is 0.407 e. The van der Waals surface area contributed by atoms with E-state index in [0.29, 0.717) is 12.8 Å². The highest BCUT2D eigenvalue weighted by Crippen LogP contribution is 2.44. The lowest BCUT2D eigenvalue weighted by Crippen LogP contribution is -2.57. The minimum Gasteiger partial charge on any atom is -0.480 e. The van der Waals surface area contributed by atoms with E-state index in [4.69, 9.17) is 4.74 Å². The van der Waals surface area contributed by atoms with Crippen molar-refractivity contribution in [2.45, 2.75) is 76.0 Å². The molecule has 6 rings (SSSR count). The number of alkyl carbamates (subject to hydrolysis) is 1. The van der Waals surface area contributed by atoms with Crippen LogP contribution < -0.4 is 21.3 Å². The third-order valence-corrected chi connectivity index (χ3v) is 10.7. The number of ether oxygens (including phenoxy) is 1. The second-order valence-corrected chi connectivity index (χ2v) is 15.5. The zero-order valence-corrected chi connectivity index (χ0v) is 33.3. The van der Waals surface area contributed by atoms with Gasteiger partial charge in [0.25, 0.3) is 0 Å². The molecule has 13 nitrogen and oxygen atoms in total. The lowest BCUT2D eigenvalue weighted by atomic mass is 9.98. The van der Waals surface area contributed by atoms with Gasteiger partial charge in [0, 0.05) is 25.3 Å². The number of carbonyl (C=O) groups is 6. The Kier molecular flexibility index (Phi) is 14.1. The molecule has 4 aromatic carbocycles. The quantitative estimate of drug-likeness (QED) is 0.103. The van der Waals surface area contributed by atoms with Crippen LogP contribution in [0.4, 0.5) is 4.79 Å². The monoisotopic (exact) mass is 801 g/mol. The SMILES string of the molecule is CC(C)C[C@H](NC(=O)OCC1c2ccccc2-c2ccccc21)C(=O)NCC(=O)N[C@@H](Cc1ccccc1)C(=O)N[C@@H](Cc1ccccc1)C(=O)N1CCC[C@H]1C(=O)O. The first-order chi connectivity index (χ1) is 28.5. The Hall–Kier alpha value is -6.50. The van der Waals surface area contributed by atoms with Crippen molar-refractivity contribution in [2.24, 2.45) is 5.92 Å². The molecule has 5 amide bonds. The molecule has 4 atom stereocenters. The largest absolute Gasteiger partial charge is 0.480 e. The number of carboxylic acid groups (broad SMARTS) is 1. The molecule has 0 unspecified atom stereocenters. The second kappa shape index (κ2) is 19.8. The normalized spacial score (nSPS) is 15.9. The van der Waals surface area contributed by atoms with E-state index in [1.165, 1.54) is 4.90 Å². The van der Waals surface area contributed by atoms with Crippen LogP contribution in [0, 0.1) is 5.92 Å². The molecule has 1 aliphatic heterocycles. The first kappa shape index (κ1) is 42.1. The number of carboxylic acids is 1. The van der Waals surface area contributed by atoms with Gasteiger partial charge in [-0.25, -0.2) is 9.59 Å². The molecule has 5 N–H and O–H groups in total. The number of amides is 5. The van der Waals surface area contributed by atoms with Gasteiger partial charge in [-0.05, 0) is 58.6 Å². The predicted molar refractivity (Wildman–Crippen MR) is 221 cm³/mol. The van der Waals surface area contributed by atoms with Crippen LogP contribution in [0.1, 0.15) is 61.3 Å². The fourth-order valence-corrected chi connectivity index (χ4v) is 7.89. The van der Waals surface area contributed by atoms with Gasteiger partial charge in [-0.15, -0.1) is 0 Å². The molecule has 0 bridgehead atoms. The Balaban J connectivity index is 1.09. The van der Waals surface area contributed by atoms with Gasteiger partial charge >= 0.3 is 12.1 Å². The zero-order valence-electron chi connectivity index (χ0n) is 33.3. The molecule has 2 aliphatic rings. The number of rotatable bonds is 17. The average Bonchev–Trinajstić information content (AvgIpc) is 3.85. The second-order valence-electron chi connectivity index (χ2n) is 15.5. The third-order valence-electron chi connectivity index (χ3n) is 10.7. The number of carbonyl (C=O) groups excluding carboxylic acids is 5. The zero-order chi connectivity index (χ0) is 41.9. The van der Waals surface area contributed by atoms with E-state index in [0.717, 1.165) is 33.4 Å². The Morgan fingerprint density at radius 1 is 0.695 bits per heavy atom. The maximum atomic E-state index is 14.0. The molecule has 0 saturated carbocycles. The fraction of sp³-hybridized carbons (Fsp3) is 0.348. The van der Waals surface area contributed by atoms with Gasteiger partial charge in [0.2, 0.25) is 23.6 Å². The summed E-state index contributed by atoms with van der Waals surface area (Å²) in [6.45, 7) is 3.62. The number of nitrogens with one attached hydrogen (secondary N) is 4. The molecule has 59 heavy (non-hydrogen) atoms. The van der Waals surface area contributed by atoms with Crippen molar-refractivity contribution in [3.05, 3.63) is 131 Å². The summed E-state index contributed by atoms with van der Waals surface area (Å²) >= 11 is 0. The summed E-state index contributed by atoms with van der Waals surface area (Å²) in [5.41, 5.74) is 5.78. The van der Waals surface area contributed by atoms with E-state index in [1.807, 2.05) is 86.6 Å². The van der Waals surface area contributed by atoms with Crippen LogP contribution in [0.5, 0.6) is 0 Å². The molecule has 1 aliphatic carbocycles. The number of aliphatic carboxylic acids is 1. The van der Waals surface area contributed by atoms with E-state index < -0.39 is 66.4 Å². The lowest BCUT2D eigenvalue weighted by molar-refractivity contribution is -0.149. The number of fused-ring (bicyclic) bond motifs is 3. The molecule has 0 spiro atoms. The molecule has 308 valence electrons. The predicted octanol–water partition coefficient (Wildman–Crippen LogP) is 4.59.